The molecule has 154 valence electrons. The van der Waals surface area contributed by atoms with Crippen LogP contribution in [0.4, 0.5) is 0 Å². The third-order valence-corrected chi connectivity index (χ3v) is 5.53. The molecular weight excluding hydrogens is 364 g/mol. The molecule has 0 aromatic heterocycles. The minimum atomic E-state index is -0.524. The van der Waals surface area contributed by atoms with E-state index >= 15 is 0 Å². The maximum absolute atomic E-state index is 12.5. The fraction of sp³-hybridized carbons (Fsp3) is 0.700. The molecule has 0 saturated carbocycles. The van der Waals surface area contributed by atoms with Gasteiger partial charge in [-0.15, -0.1) is 0 Å². The van der Waals surface area contributed by atoms with Gasteiger partial charge in [-0.25, -0.2) is 9.59 Å². The summed E-state index contributed by atoms with van der Waals surface area (Å²) in [5, 5.41) is 0. The smallest absolute Gasteiger partial charge is 0.329 e. The van der Waals surface area contributed by atoms with Gasteiger partial charge in [0.2, 0.25) is 11.8 Å². The van der Waals surface area contributed by atoms with Crippen molar-refractivity contribution < 1.29 is 28.7 Å². The standard InChI is InChI=1S/C20H28N2O6/c23-17-9-1-2-10-18(24)22-12-6-8-16(22)20(26)28-14-4-3-13-27-19(25)15-7-5-11-21(15)17/h3-4,15-16H,1-2,5-14H2/b4-3-/t15-,16-/m1/s1. The Hall–Kier alpha value is -2.38. The number of cyclic esters (lactones) is 2. The van der Waals surface area contributed by atoms with Gasteiger partial charge in [0, 0.05) is 25.9 Å². The lowest BCUT2D eigenvalue weighted by atomic mass is 10.1. The molecule has 0 radical (unpaired) electrons. The van der Waals surface area contributed by atoms with E-state index in [-0.39, 0.29) is 25.0 Å². The molecule has 2 saturated heterocycles. The minimum absolute atomic E-state index is 0.0637. The van der Waals surface area contributed by atoms with E-state index in [1.54, 1.807) is 22.0 Å². The first-order valence-corrected chi connectivity index (χ1v) is 10.1. The SMILES string of the molecule is O=C1OC/C=C\COC(=O)[C@H]2CCCN2C(=O)CCCCC(=O)N2CCC[C@H]12. The quantitative estimate of drug-likeness (QED) is 0.454. The number of nitrogens with zero attached hydrogens (tertiary/aromatic N) is 2. The Morgan fingerprint density at radius 3 is 1.54 bits per heavy atom. The topological polar surface area (TPSA) is 93.2 Å². The Morgan fingerprint density at radius 2 is 1.11 bits per heavy atom. The first kappa shape index (κ1) is 20.4. The first-order valence-electron chi connectivity index (χ1n) is 10.1. The van der Waals surface area contributed by atoms with Crippen LogP contribution in [0.2, 0.25) is 0 Å². The van der Waals surface area contributed by atoms with Gasteiger partial charge in [0.1, 0.15) is 25.3 Å². The second-order valence-electron chi connectivity index (χ2n) is 7.43. The van der Waals surface area contributed by atoms with E-state index < -0.39 is 24.0 Å². The van der Waals surface area contributed by atoms with Gasteiger partial charge < -0.3 is 19.3 Å². The summed E-state index contributed by atoms with van der Waals surface area (Å²) in [4.78, 5) is 52.7. The summed E-state index contributed by atoms with van der Waals surface area (Å²) in [6.45, 7) is 1.28. The van der Waals surface area contributed by atoms with Crippen LogP contribution < -0.4 is 0 Å². The second-order valence-corrected chi connectivity index (χ2v) is 7.43. The van der Waals surface area contributed by atoms with E-state index in [1.165, 1.54) is 0 Å². The van der Waals surface area contributed by atoms with Crippen LogP contribution in [0.5, 0.6) is 0 Å². The molecule has 2 amide bonds. The monoisotopic (exact) mass is 392 g/mol. The van der Waals surface area contributed by atoms with E-state index in [4.69, 9.17) is 9.47 Å². The van der Waals surface area contributed by atoms with Gasteiger partial charge >= 0.3 is 11.9 Å². The number of carbonyl (C=O) groups is 4. The van der Waals surface area contributed by atoms with Crippen molar-refractivity contribution in [1.29, 1.82) is 0 Å². The van der Waals surface area contributed by atoms with Crippen LogP contribution in [-0.2, 0) is 28.7 Å². The summed E-state index contributed by atoms with van der Waals surface area (Å²) < 4.78 is 10.5. The van der Waals surface area contributed by atoms with Crippen molar-refractivity contribution in [3.8, 4) is 0 Å². The molecule has 2 fully saturated rings. The van der Waals surface area contributed by atoms with Gasteiger partial charge in [0.05, 0.1) is 0 Å². The fourth-order valence-corrected chi connectivity index (χ4v) is 4.05. The van der Waals surface area contributed by atoms with Crippen LogP contribution in [0.1, 0.15) is 51.4 Å². The van der Waals surface area contributed by atoms with Crippen LogP contribution in [0.25, 0.3) is 0 Å². The molecule has 0 N–H and O–H groups in total. The predicted molar refractivity (Wildman–Crippen MR) is 99.0 cm³/mol. The molecule has 0 bridgehead atoms. The van der Waals surface area contributed by atoms with E-state index in [0.717, 1.165) is 12.8 Å². The van der Waals surface area contributed by atoms with Gasteiger partial charge in [-0.2, -0.15) is 0 Å². The molecule has 0 unspecified atom stereocenters. The maximum atomic E-state index is 12.5. The molecule has 8 nitrogen and oxygen atoms in total. The molecule has 3 heterocycles. The van der Waals surface area contributed by atoms with Crippen LogP contribution in [0, 0.1) is 0 Å². The highest BCUT2D eigenvalue weighted by Crippen LogP contribution is 2.22. The summed E-state index contributed by atoms with van der Waals surface area (Å²) >= 11 is 0. The summed E-state index contributed by atoms with van der Waals surface area (Å²) in [5.41, 5.74) is 0. The third-order valence-electron chi connectivity index (χ3n) is 5.53. The fourth-order valence-electron chi connectivity index (χ4n) is 4.05. The van der Waals surface area contributed by atoms with Gasteiger partial charge in [-0.1, -0.05) is 0 Å². The number of hydrogen-bond acceptors (Lipinski definition) is 6. The molecule has 0 aromatic rings. The molecule has 0 spiro atoms. The van der Waals surface area contributed by atoms with Crippen molar-refractivity contribution in [3.63, 3.8) is 0 Å². The maximum Gasteiger partial charge on any atom is 0.329 e. The van der Waals surface area contributed by atoms with Gasteiger partial charge in [0.25, 0.3) is 0 Å². The van der Waals surface area contributed by atoms with Crippen molar-refractivity contribution in [1.82, 2.24) is 9.80 Å². The van der Waals surface area contributed by atoms with Gasteiger partial charge in [0.15, 0.2) is 0 Å². The number of esters is 2. The summed E-state index contributed by atoms with van der Waals surface area (Å²) in [6.07, 6.45) is 7.80. The highest BCUT2D eigenvalue weighted by Gasteiger charge is 2.36. The van der Waals surface area contributed by atoms with E-state index in [1.807, 2.05) is 0 Å². The molecule has 2 atom stereocenters. The Kier molecular flexibility index (Phi) is 7.06. The average molecular weight is 392 g/mol. The van der Waals surface area contributed by atoms with Crippen molar-refractivity contribution in [3.05, 3.63) is 12.2 Å². The lowest BCUT2D eigenvalue weighted by molar-refractivity contribution is -0.153. The molecule has 28 heavy (non-hydrogen) atoms. The Morgan fingerprint density at radius 1 is 0.679 bits per heavy atom. The molecule has 8 heteroatoms. The van der Waals surface area contributed by atoms with Crippen LogP contribution >= 0.6 is 0 Å². The van der Waals surface area contributed by atoms with Gasteiger partial charge in [-0.05, 0) is 50.7 Å². The zero-order valence-corrected chi connectivity index (χ0v) is 16.1. The van der Waals surface area contributed by atoms with Crippen LogP contribution in [0.15, 0.2) is 12.2 Å². The van der Waals surface area contributed by atoms with Crippen molar-refractivity contribution in [2.75, 3.05) is 26.3 Å². The Labute approximate surface area is 164 Å². The number of ether oxygens (including phenoxy) is 2. The number of fused-ring (bicyclic) bond motifs is 2. The number of hydrogen-bond donors (Lipinski definition) is 0. The molecule has 0 aromatic carbocycles. The van der Waals surface area contributed by atoms with E-state index in [0.29, 0.717) is 51.6 Å². The van der Waals surface area contributed by atoms with Crippen molar-refractivity contribution >= 4 is 23.8 Å². The van der Waals surface area contributed by atoms with Crippen LogP contribution in [-0.4, -0.2) is 71.9 Å². The Bertz CT molecular complexity index is 593. The molecule has 3 rings (SSSR count). The van der Waals surface area contributed by atoms with E-state index in [2.05, 4.69) is 0 Å². The lowest BCUT2D eigenvalue weighted by Crippen LogP contribution is -2.42. The highest BCUT2D eigenvalue weighted by atomic mass is 16.5. The predicted octanol–water partition coefficient (Wildman–Crippen LogP) is 1.18. The zero-order chi connectivity index (χ0) is 19.9. The summed E-state index contributed by atoms with van der Waals surface area (Å²) in [5.74, 6) is -0.923. The van der Waals surface area contributed by atoms with Crippen molar-refractivity contribution in [2.45, 2.75) is 63.5 Å². The molecular formula is C20H28N2O6. The van der Waals surface area contributed by atoms with Gasteiger partial charge in [-0.3, -0.25) is 9.59 Å². The number of amides is 2. The molecule has 3 aliphatic heterocycles. The van der Waals surface area contributed by atoms with Crippen molar-refractivity contribution in [2.24, 2.45) is 0 Å². The summed E-state index contributed by atoms with van der Waals surface area (Å²) in [6, 6.07) is -1.05. The third kappa shape index (κ3) is 4.91. The molecule has 0 aliphatic carbocycles. The average Bonchev–Trinajstić information content (AvgIpc) is 3.36. The highest BCUT2D eigenvalue weighted by molar-refractivity contribution is 5.86. The molecule has 3 aliphatic rings. The van der Waals surface area contributed by atoms with E-state index in [9.17, 15) is 19.2 Å². The summed E-state index contributed by atoms with van der Waals surface area (Å²) in [7, 11) is 0. The minimum Gasteiger partial charge on any atom is -0.460 e. The normalized spacial score (nSPS) is 29.4. The lowest BCUT2D eigenvalue weighted by Gasteiger charge is -2.24. The zero-order valence-electron chi connectivity index (χ0n) is 16.1. The number of carbonyl (C=O) groups excluding carboxylic acids is 4. The second kappa shape index (κ2) is 9.71. The number of rotatable bonds is 0. The Balaban J connectivity index is 1.65. The first-order chi connectivity index (χ1) is 13.6. The largest absolute Gasteiger partial charge is 0.460 e. The van der Waals surface area contributed by atoms with Crippen LogP contribution in [0.3, 0.4) is 0 Å².